The Morgan fingerprint density at radius 2 is 1.92 bits per heavy atom. The van der Waals surface area contributed by atoms with E-state index in [4.69, 9.17) is 28.9 Å². The highest BCUT2D eigenvalue weighted by Crippen LogP contribution is 2.32. The number of H-pyrrole nitrogens is 2. The lowest BCUT2D eigenvalue weighted by Gasteiger charge is -2.13. The van der Waals surface area contributed by atoms with Gasteiger partial charge in [0.2, 0.25) is 0 Å². The van der Waals surface area contributed by atoms with E-state index in [1.807, 2.05) is 0 Å². The molecule has 11 heteroatoms. The molecule has 2 aromatic heterocycles. The quantitative estimate of drug-likeness (QED) is 0.620. The fraction of sp³-hybridized carbons (Fsp3) is 0.133. The average molecular weight is 404 g/mol. The lowest BCUT2D eigenvalue weighted by atomic mass is 10.0. The van der Waals surface area contributed by atoms with Gasteiger partial charge in [0.1, 0.15) is 11.6 Å². The Labute approximate surface area is 154 Å². The number of aromatic amines is 2. The Balaban J connectivity index is 2.14. The molecule has 0 saturated carbocycles. The molecule has 6 nitrogen and oxygen atoms in total. The first-order valence-electron chi connectivity index (χ1n) is 7.10. The number of hydrogen-bond donors (Lipinski definition) is 3. The molecule has 0 saturated heterocycles. The Hall–Kier alpha value is -2.52. The minimum atomic E-state index is -4.84. The first-order chi connectivity index (χ1) is 12.2. The maximum Gasteiger partial charge on any atom is 0.433 e. The number of nitrogen functional groups attached to an aromatic ring is 1. The highest BCUT2D eigenvalue weighted by atomic mass is 35.5. The number of anilines is 1. The van der Waals surface area contributed by atoms with Crippen molar-refractivity contribution in [3.8, 4) is 11.4 Å². The summed E-state index contributed by atoms with van der Waals surface area (Å²) in [6.45, 7) is 0. The van der Waals surface area contributed by atoms with Gasteiger partial charge in [-0.25, -0.2) is 4.98 Å². The van der Waals surface area contributed by atoms with Crippen LogP contribution in [0.15, 0.2) is 29.2 Å². The van der Waals surface area contributed by atoms with Gasteiger partial charge in [-0.3, -0.25) is 9.89 Å². The molecule has 0 fully saturated rings. The fourth-order valence-corrected chi connectivity index (χ4v) is 2.68. The van der Waals surface area contributed by atoms with Gasteiger partial charge >= 0.3 is 6.18 Å². The Morgan fingerprint density at radius 3 is 2.50 bits per heavy atom. The van der Waals surface area contributed by atoms with E-state index in [0.29, 0.717) is 5.56 Å². The molecular formula is C15H10Cl2F3N5O. The smallest absolute Gasteiger partial charge is 0.383 e. The second-order valence-corrected chi connectivity index (χ2v) is 6.18. The summed E-state index contributed by atoms with van der Waals surface area (Å²) in [7, 11) is 0. The molecule has 0 amide bonds. The normalized spacial score (nSPS) is 11.7. The maximum absolute atomic E-state index is 13.5. The standard InChI is InChI=1S/C15H10Cl2F3N5O/c16-9-2-1-6(4-10(9)17)3-7-11(15(18,19)20)23-13(24-14(7)26)8-5-22-25-12(8)21/h1-2,4-5H,3H2,(H3,21,22,25)(H,23,24,26). The van der Waals surface area contributed by atoms with Crippen molar-refractivity contribution >= 4 is 29.0 Å². The molecule has 0 aliphatic rings. The van der Waals surface area contributed by atoms with Crippen LogP contribution in [-0.2, 0) is 12.6 Å². The van der Waals surface area contributed by atoms with Crippen molar-refractivity contribution in [1.82, 2.24) is 20.2 Å². The summed E-state index contributed by atoms with van der Waals surface area (Å²) in [5, 5.41) is 6.40. The van der Waals surface area contributed by atoms with Crippen LogP contribution in [0.4, 0.5) is 19.0 Å². The van der Waals surface area contributed by atoms with Gasteiger partial charge in [-0.1, -0.05) is 29.3 Å². The van der Waals surface area contributed by atoms with E-state index in [-0.39, 0.29) is 33.7 Å². The molecule has 26 heavy (non-hydrogen) atoms. The molecule has 136 valence electrons. The summed E-state index contributed by atoms with van der Waals surface area (Å²) in [5.74, 6) is -0.343. The summed E-state index contributed by atoms with van der Waals surface area (Å²) in [4.78, 5) is 18.2. The van der Waals surface area contributed by atoms with Crippen molar-refractivity contribution in [1.29, 1.82) is 0 Å². The number of nitrogens with one attached hydrogen (secondary N) is 2. The van der Waals surface area contributed by atoms with Crippen molar-refractivity contribution in [2.45, 2.75) is 12.6 Å². The Kier molecular flexibility index (Phi) is 4.68. The lowest BCUT2D eigenvalue weighted by Crippen LogP contribution is -2.24. The SMILES string of the molecule is Nc1[nH]ncc1-c1nc(C(F)(F)F)c(Cc2ccc(Cl)c(Cl)c2)c(=O)[nH]1. The number of alkyl halides is 3. The number of benzene rings is 1. The third kappa shape index (κ3) is 3.54. The van der Waals surface area contributed by atoms with Gasteiger partial charge in [-0.15, -0.1) is 0 Å². The molecule has 0 radical (unpaired) electrons. The fourth-order valence-electron chi connectivity index (χ4n) is 2.36. The third-order valence-electron chi connectivity index (χ3n) is 3.57. The van der Waals surface area contributed by atoms with Crippen molar-refractivity contribution in [3.05, 3.63) is 61.6 Å². The Bertz CT molecular complexity index is 1030. The van der Waals surface area contributed by atoms with E-state index in [1.54, 1.807) is 0 Å². The minimum Gasteiger partial charge on any atom is -0.383 e. The van der Waals surface area contributed by atoms with E-state index < -0.39 is 23.0 Å². The molecule has 1 aromatic carbocycles. The maximum atomic E-state index is 13.5. The topological polar surface area (TPSA) is 100 Å². The Morgan fingerprint density at radius 1 is 1.19 bits per heavy atom. The number of nitrogens with zero attached hydrogens (tertiary/aromatic N) is 2. The first-order valence-corrected chi connectivity index (χ1v) is 7.86. The van der Waals surface area contributed by atoms with Gasteiger partial charge in [-0.05, 0) is 17.7 Å². The average Bonchev–Trinajstić information content (AvgIpc) is 2.97. The largest absolute Gasteiger partial charge is 0.433 e. The second-order valence-electron chi connectivity index (χ2n) is 5.36. The van der Waals surface area contributed by atoms with Crippen LogP contribution in [0.5, 0.6) is 0 Å². The van der Waals surface area contributed by atoms with E-state index in [9.17, 15) is 18.0 Å². The van der Waals surface area contributed by atoms with Crippen LogP contribution in [0.2, 0.25) is 10.0 Å². The molecule has 3 aromatic rings. The van der Waals surface area contributed by atoms with Gasteiger partial charge in [0.05, 0.1) is 27.4 Å². The molecule has 0 aliphatic heterocycles. The molecule has 2 heterocycles. The third-order valence-corrected chi connectivity index (χ3v) is 4.31. The highest BCUT2D eigenvalue weighted by molar-refractivity contribution is 6.42. The van der Waals surface area contributed by atoms with Crippen molar-refractivity contribution < 1.29 is 13.2 Å². The van der Waals surface area contributed by atoms with Crippen LogP contribution < -0.4 is 11.3 Å². The van der Waals surface area contributed by atoms with Crippen LogP contribution in [0.1, 0.15) is 16.8 Å². The zero-order valence-electron chi connectivity index (χ0n) is 12.8. The van der Waals surface area contributed by atoms with Gasteiger partial charge in [-0.2, -0.15) is 18.3 Å². The van der Waals surface area contributed by atoms with Crippen molar-refractivity contribution in [3.63, 3.8) is 0 Å². The van der Waals surface area contributed by atoms with Crippen LogP contribution in [0.25, 0.3) is 11.4 Å². The monoisotopic (exact) mass is 403 g/mol. The number of nitrogens with two attached hydrogens (primary N) is 1. The van der Waals surface area contributed by atoms with E-state index in [2.05, 4.69) is 20.2 Å². The zero-order valence-corrected chi connectivity index (χ0v) is 14.3. The summed E-state index contributed by atoms with van der Waals surface area (Å²) < 4.78 is 40.4. The van der Waals surface area contributed by atoms with Crippen LogP contribution in [-0.4, -0.2) is 20.2 Å². The first kappa shape index (κ1) is 18.3. The van der Waals surface area contributed by atoms with E-state index >= 15 is 0 Å². The molecule has 3 rings (SSSR count). The van der Waals surface area contributed by atoms with Crippen molar-refractivity contribution in [2.75, 3.05) is 5.73 Å². The zero-order chi connectivity index (χ0) is 19.1. The van der Waals surface area contributed by atoms with Gasteiger partial charge in [0.25, 0.3) is 5.56 Å². The van der Waals surface area contributed by atoms with Crippen LogP contribution in [0.3, 0.4) is 0 Å². The molecule has 0 atom stereocenters. The van der Waals surface area contributed by atoms with Gasteiger partial charge < -0.3 is 10.7 Å². The summed E-state index contributed by atoms with van der Waals surface area (Å²) in [5.41, 5.74) is 3.25. The van der Waals surface area contributed by atoms with Crippen molar-refractivity contribution in [2.24, 2.45) is 0 Å². The summed E-state index contributed by atoms with van der Waals surface area (Å²) in [6.07, 6.45) is -3.99. The summed E-state index contributed by atoms with van der Waals surface area (Å²) >= 11 is 11.7. The van der Waals surface area contributed by atoms with Crippen LogP contribution in [0, 0.1) is 0 Å². The van der Waals surface area contributed by atoms with E-state index in [0.717, 1.165) is 0 Å². The molecule has 0 spiro atoms. The minimum absolute atomic E-state index is 0.0153. The number of halogens is 5. The lowest BCUT2D eigenvalue weighted by molar-refractivity contribution is -0.141. The summed E-state index contributed by atoms with van der Waals surface area (Å²) in [6, 6.07) is 4.32. The predicted octanol–water partition coefficient (Wildman–Crippen LogP) is 3.66. The predicted molar refractivity (Wildman–Crippen MR) is 91.1 cm³/mol. The highest BCUT2D eigenvalue weighted by Gasteiger charge is 2.37. The number of aromatic nitrogens is 4. The van der Waals surface area contributed by atoms with Gasteiger partial charge in [0.15, 0.2) is 5.69 Å². The number of rotatable bonds is 3. The molecule has 4 N–H and O–H groups in total. The number of hydrogen-bond acceptors (Lipinski definition) is 4. The molecular weight excluding hydrogens is 394 g/mol. The second kappa shape index (κ2) is 6.65. The van der Waals surface area contributed by atoms with E-state index in [1.165, 1.54) is 24.4 Å². The molecule has 0 aliphatic carbocycles. The molecule has 0 unspecified atom stereocenters. The van der Waals surface area contributed by atoms with Gasteiger partial charge in [0, 0.05) is 6.42 Å². The molecule has 0 bridgehead atoms. The van der Waals surface area contributed by atoms with Crippen LogP contribution >= 0.6 is 23.2 Å².